The van der Waals surface area contributed by atoms with E-state index >= 15 is 0 Å². The zero-order valence-corrected chi connectivity index (χ0v) is 20.9. The maximum Gasteiger partial charge on any atom is 0.270 e. The number of anilines is 1. The van der Waals surface area contributed by atoms with Gasteiger partial charge in [0.05, 0.1) is 5.69 Å². The molecule has 2 aliphatic heterocycles. The molecule has 2 aliphatic rings. The van der Waals surface area contributed by atoms with Gasteiger partial charge in [0.15, 0.2) is 0 Å². The average molecular weight is 513 g/mol. The molecule has 3 N–H and O–H groups in total. The lowest BCUT2D eigenvalue weighted by molar-refractivity contribution is -0.120. The van der Waals surface area contributed by atoms with Crippen molar-refractivity contribution >= 4 is 17.5 Å². The topological polar surface area (TPSA) is 113 Å². The van der Waals surface area contributed by atoms with Gasteiger partial charge in [-0.15, -0.1) is 0 Å². The molecule has 2 aromatic carbocycles. The number of rotatable bonds is 4. The molecule has 1 atom stereocenters. The van der Waals surface area contributed by atoms with Crippen LogP contribution in [-0.2, 0) is 4.79 Å². The van der Waals surface area contributed by atoms with Gasteiger partial charge in [-0.2, -0.15) is 0 Å². The molecule has 0 saturated carbocycles. The van der Waals surface area contributed by atoms with E-state index in [0.29, 0.717) is 54.4 Å². The van der Waals surface area contributed by atoms with Gasteiger partial charge in [-0.3, -0.25) is 14.6 Å². The number of benzene rings is 2. The lowest BCUT2D eigenvalue weighted by atomic mass is 9.93. The van der Waals surface area contributed by atoms with Crippen LogP contribution >= 0.6 is 0 Å². The number of likely N-dealkylation sites (N-methyl/N-ethyl adjacent to an activating group) is 1. The molecule has 0 spiro atoms. The highest BCUT2D eigenvalue weighted by Crippen LogP contribution is 2.32. The Hall–Kier alpha value is -4.39. The average Bonchev–Trinajstić information content (AvgIpc) is 3.05. The van der Waals surface area contributed by atoms with Crippen molar-refractivity contribution in [1.29, 1.82) is 0 Å². The molecule has 9 nitrogen and oxygen atoms in total. The van der Waals surface area contributed by atoms with Crippen LogP contribution in [-0.4, -0.2) is 60.3 Å². The van der Waals surface area contributed by atoms with Crippen LogP contribution in [0.3, 0.4) is 0 Å². The normalized spacial score (nSPS) is 18.2. The number of nitrogens with zero attached hydrogens (tertiary/aromatic N) is 2. The number of pyridine rings is 1. The number of ether oxygens (including phenoxy) is 2. The van der Waals surface area contributed by atoms with Crippen molar-refractivity contribution < 1.29 is 24.2 Å². The van der Waals surface area contributed by atoms with Crippen LogP contribution in [0.15, 0.2) is 66.9 Å². The van der Waals surface area contributed by atoms with Crippen LogP contribution in [0.4, 0.5) is 5.69 Å². The number of carbonyl (C=O) groups is 2. The Labute approximate surface area is 220 Å². The van der Waals surface area contributed by atoms with Crippen molar-refractivity contribution in [3.05, 3.63) is 78.1 Å². The van der Waals surface area contributed by atoms with E-state index in [1.807, 2.05) is 30.3 Å². The van der Waals surface area contributed by atoms with E-state index in [2.05, 4.69) is 27.5 Å². The van der Waals surface area contributed by atoms with Crippen molar-refractivity contribution in [3.63, 3.8) is 0 Å². The zero-order valence-electron chi connectivity index (χ0n) is 20.9. The molecule has 0 radical (unpaired) electrons. The van der Waals surface area contributed by atoms with Crippen molar-refractivity contribution in [2.45, 2.75) is 24.5 Å². The molecule has 0 bridgehead atoms. The summed E-state index contributed by atoms with van der Waals surface area (Å²) in [6.45, 7) is 1.39. The van der Waals surface area contributed by atoms with E-state index in [1.54, 1.807) is 31.3 Å². The van der Waals surface area contributed by atoms with Crippen molar-refractivity contribution in [3.8, 4) is 29.1 Å². The Morgan fingerprint density at radius 3 is 2.74 bits per heavy atom. The predicted molar refractivity (Wildman–Crippen MR) is 141 cm³/mol. The second-order valence-electron chi connectivity index (χ2n) is 9.24. The lowest BCUT2D eigenvalue weighted by Crippen LogP contribution is -2.49. The Morgan fingerprint density at radius 2 is 1.95 bits per heavy atom. The third-order valence-corrected chi connectivity index (χ3v) is 6.47. The van der Waals surface area contributed by atoms with Gasteiger partial charge in [0.2, 0.25) is 0 Å². The van der Waals surface area contributed by atoms with E-state index in [4.69, 9.17) is 9.47 Å². The van der Waals surface area contributed by atoms with Gasteiger partial charge in [0, 0.05) is 24.9 Å². The lowest BCUT2D eigenvalue weighted by Gasteiger charge is -2.27. The van der Waals surface area contributed by atoms with Crippen LogP contribution in [0.25, 0.3) is 0 Å². The first kappa shape index (κ1) is 25.3. The fourth-order valence-electron chi connectivity index (χ4n) is 4.29. The highest BCUT2D eigenvalue weighted by Gasteiger charge is 2.31. The van der Waals surface area contributed by atoms with E-state index in [9.17, 15) is 14.7 Å². The number of aliphatic hydroxyl groups is 1. The third kappa shape index (κ3) is 5.78. The van der Waals surface area contributed by atoms with Gasteiger partial charge in [0.25, 0.3) is 11.8 Å². The molecule has 1 aromatic heterocycles. The second-order valence-corrected chi connectivity index (χ2v) is 9.24. The van der Waals surface area contributed by atoms with Gasteiger partial charge in [-0.1, -0.05) is 30.0 Å². The Bertz CT molecular complexity index is 1390. The number of hydrogen-bond donors (Lipinski definition) is 3. The molecule has 0 aliphatic carbocycles. The molecule has 1 saturated heterocycles. The minimum Gasteiger partial charge on any atom is -0.489 e. The molecule has 0 unspecified atom stereocenters. The maximum atomic E-state index is 13.3. The number of hydrogen-bond acceptors (Lipinski definition) is 7. The summed E-state index contributed by atoms with van der Waals surface area (Å²) in [6.07, 6.45) is 2.59. The monoisotopic (exact) mass is 512 g/mol. The standard InChI is InChI=1S/C29H28N4O5/c1-33-25-17-20(9-11-29(36)12-15-30-16-13-29)7-8-26(25)37-19-24(28(33)35)32-27(34)23-18-22(10-14-31-23)38-21-5-3-2-4-6-21/h2-8,10,14,17-18,24,30,36H,12-13,15-16,19H2,1H3,(H,32,34)/t24-/m1/s1. The molecule has 3 heterocycles. The Morgan fingerprint density at radius 1 is 1.16 bits per heavy atom. The van der Waals surface area contributed by atoms with Gasteiger partial charge in [0.1, 0.15) is 41.2 Å². The smallest absolute Gasteiger partial charge is 0.270 e. The Balaban J connectivity index is 1.28. The summed E-state index contributed by atoms with van der Waals surface area (Å²) >= 11 is 0. The molecule has 9 heteroatoms. The summed E-state index contributed by atoms with van der Waals surface area (Å²) in [5.41, 5.74) is 0.278. The third-order valence-electron chi connectivity index (χ3n) is 6.47. The van der Waals surface area contributed by atoms with Crippen LogP contribution in [0.5, 0.6) is 17.2 Å². The zero-order chi connectivity index (χ0) is 26.5. The minimum absolute atomic E-state index is 0.0418. The summed E-state index contributed by atoms with van der Waals surface area (Å²) in [4.78, 5) is 31.8. The summed E-state index contributed by atoms with van der Waals surface area (Å²) in [5, 5.41) is 16.6. The van der Waals surface area contributed by atoms with Gasteiger partial charge in [-0.05, 0) is 62.3 Å². The van der Waals surface area contributed by atoms with Crippen molar-refractivity contribution in [2.24, 2.45) is 0 Å². The van der Waals surface area contributed by atoms with Crippen LogP contribution in [0.1, 0.15) is 28.9 Å². The number of fused-ring (bicyclic) bond motifs is 1. The number of amides is 2. The predicted octanol–water partition coefficient (Wildman–Crippen LogP) is 2.49. The second kappa shape index (κ2) is 10.9. The first-order valence-electron chi connectivity index (χ1n) is 12.4. The quantitative estimate of drug-likeness (QED) is 0.461. The van der Waals surface area contributed by atoms with E-state index in [0.717, 1.165) is 0 Å². The highest BCUT2D eigenvalue weighted by atomic mass is 16.5. The summed E-state index contributed by atoms with van der Waals surface area (Å²) in [5.74, 6) is 6.74. The largest absolute Gasteiger partial charge is 0.489 e. The molecule has 38 heavy (non-hydrogen) atoms. The first-order chi connectivity index (χ1) is 18.4. The fraction of sp³-hybridized carbons (Fsp3) is 0.276. The molecule has 5 rings (SSSR count). The maximum absolute atomic E-state index is 13.3. The SMILES string of the molecule is CN1C(=O)[C@H](NC(=O)c2cc(Oc3ccccc3)ccn2)COc2ccc(C#CC3(O)CCNCC3)cc21. The number of aromatic nitrogens is 1. The van der Waals surface area contributed by atoms with Crippen LogP contribution < -0.4 is 25.0 Å². The highest BCUT2D eigenvalue weighted by molar-refractivity contribution is 6.03. The molecule has 194 valence electrons. The minimum atomic E-state index is -1.02. The molecular formula is C29H28N4O5. The van der Waals surface area contributed by atoms with E-state index in [-0.39, 0.29) is 18.2 Å². The van der Waals surface area contributed by atoms with Crippen molar-refractivity contribution in [2.75, 3.05) is 31.6 Å². The molecule has 1 fully saturated rings. The first-order valence-corrected chi connectivity index (χ1v) is 12.4. The number of piperidine rings is 1. The van der Waals surface area contributed by atoms with Crippen LogP contribution in [0.2, 0.25) is 0 Å². The fourth-order valence-corrected chi connectivity index (χ4v) is 4.29. The summed E-state index contributed by atoms with van der Waals surface area (Å²) in [7, 11) is 1.62. The van der Waals surface area contributed by atoms with E-state index < -0.39 is 17.6 Å². The van der Waals surface area contributed by atoms with Crippen LogP contribution in [0, 0.1) is 11.8 Å². The number of para-hydroxylation sites is 1. The van der Waals surface area contributed by atoms with Gasteiger partial charge >= 0.3 is 0 Å². The van der Waals surface area contributed by atoms with E-state index in [1.165, 1.54) is 17.2 Å². The van der Waals surface area contributed by atoms with Crippen molar-refractivity contribution in [1.82, 2.24) is 15.6 Å². The number of carbonyl (C=O) groups excluding carboxylic acids is 2. The Kier molecular flexibility index (Phi) is 7.26. The van der Waals surface area contributed by atoms with Gasteiger partial charge < -0.3 is 30.1 Å². The molecule has 2 amide bonds. The molecule has 3 aromatic rings. The molecular weight excluding hydrogens is 484 g/mol. The summed E-state index contributed by atoms with van der Waals surface area (Å²) in [6, 6.07) is 16.7. The summed E-state index contributed by atoms with van der Waals surface area (Å²) < 4.78 is 11.7. The van der Waals surface area contributed by atoms with Gasteiger partial charge in [-0.25, -0.2) is 0 Å². The number of nitrogens with one attached hydrogen (secondary N) is 2.